The van der Waals surface area contributed by atoms with Crippen LogP contribution in [-0.2, 0) is 0 Å². The predicted molar refractivity (Wildman–Crippen MR) is 45.7 cm³/mol. The van der Waals surface area contributed by atoms with Crippen LogP contribution in [-0.4, -0.2) is 25.0 Å². The molecule has 0 radical (unpaired) electrons. The molecule has 1 N–H and O–H groups in total. The van der Waals surface area contributed by atoms with Crippen LogP contribution in [0.15, 0.2) is 12.4 Å². The molecule has 0 fully saturated rings. The van der Waals surface area contributed by atoms with Gasteiger partial charge in [-0.1, -0.05) is 13.5 Å². The SMILES string of the molecule is C=C(NC(C)CC)N(C)C. The lowest BCUT2D eigenvalue weighted by Gasteiger charge is -2.21. The van der Waals surface area contributed by atoms with Crippen molar-refractivity contribution in [1.29, 1.82) is 0 Å². The molecule has 1 unspecified atom stereocenters. The molecule has 0 aliphatic heterocycles. The third-order valence-corrected chi connectivity index (χ3v) is 1.57. The van der Waals surface area contributed by atoms with E-state index in [9.17, 15) is 0 Å². The molecule has 2 nitrogen and oxygen atoms in total. The van der Waals surface area contributed by atoms with Crippen molar-refractivity contribution >= 4 is 0 Å². The van der Waals surface area contributed by atoms with E-state index in [4.69, 9.17) is 0 Å². The lowest BCUT2D eigenvalue weighted by molar-refractivity contribution is 0.430. The fourth-order valence-electron chi connectivity index (χ4n) is 0.516. The molecule has 0 amide bonds. The highest BCUT2D eigenvalue weighted by atomic mass is 15.2. The predicted octanol–water partition coefficient (Wildman–Crippen LogP) is 1.41. The molecule has 2 heteroatoms. The molecule has 0 aliphatic rings. The molecule has 0 aromatic carbocycles. The summed E-state index contributed by atoms with van der Waals surface area (Å²) in [6, 6.07) is 0.523. The fourth-order valence-corrected chi connectivity index (χ4v) is 0.516. The van der Waals surface area contributed by atoms with Gasteiger partial charge in [-0.25, -0.2) is 0 Å². The van der Waals surface area contributed by atoms with Crippen molar-refractivity contribution in [3.8, 4) is 0 Å². The molecule has 1 atom stereocenters. The molecule has 0 spiro atoms. The third-order valence-electron chi connectivity index (χ3n) is 1.57. The second-order valence-corrected chi connectivity index (χ2v) is 2.79. The van der Waals surface area contributed by atoms with Gasteiger partial charge < -0.3 is 10.2 Å². The van der Waals surface area contributed by atoms with Crippen molar-refractivity contribution < 1.29 is 0 Å². The van der Waals surface area contributed by atoms with E-state index in [2.05, 4.69) is 25.7 Å². The first-order valence-electron chi connectivity index (χ1n) is 3.70. The minimum atomic E-state index is 0.523. The Kier molecular flexibility index (Phi) is 3.93. The Morgan fingerprint density at radius 2 is 2.10 bits per heavy atom. The van der Waals surface area contributed by atoms with Crippen LogP contribution >= 0.6 is 0 Å². The molecule has 0 aliphatic carbocycles. The first-order chi connectivity index (χ1) is 4.57. The van der Waals surface area contributed by atoms with Gasteiger partial charge in [-0.05, 0) is 13.3 Å². The summed E-state index contributed by atoms with van der Waals surface area (Å²) in [7, 11) is 3.97. The maximum atomic E-state index is 3.86. The van der Waals surface area contributed by atoms with Crippen LogP contribution in [0, 0.1) is 0 Å². The van der Waals surface area contributed by atoms with Gasteiger partial charge in [-0.3, -0.25) is 0 Å². The van der Waals surface area contributed by atoms with Crippen LogP contribution in [0.2, 0.25) is 0 Å². The molecule has 0 saturated carbocycles. The Bertz CT molecular complexity index is 108. The standard InChI is InChI=1S/C8H18N2/c1-6-7(2)9-8(3)10(4)5/h7,9H,3,6H2,1-2,4-5H3. The molecular weight excluding hydrogens is 124 g/mol. The van der Waals surface area contributed by atoms with E-state index in [1.54, 1.807) is 0 Å². The normalized spacial score (nSPS) is 12.4. The minimum absolute atomic E-state index is 0.523. The van der Waals surface area contributed by atoms with Gasteiger partial charge >= 0.3 is 0 Å². The quantitative estimate of drug-likeness (QED) is 0.638. The molecule has 0 rings (SSSR count). The van der Waals surface area contributed by atoms with Gasteiger partial charge in [0.15, 0.2) is 0 Å². The molecule has 0 aromatic heterocycles. The van der Waals surface area contributed by atoms with Gasteiger partial charge in [0.1, 0.15) is 0 Å². The monoisotopic (exact) mass is 142 g/mol. The number of hydrogen-bond acceptors (Lipinski definition) is 2. The first kappa shape index (κ1) is 9.34. The third kappa shape index (κ3) is 3.38. The van der Waals surface area contributed by atoms with Crippen molar-refractivity contribution in [3.05, 3.63) is 12.4 Å². The number of nitrogens with one attached hydrogen (secondary N) is 1. The van der Waals surface area contributed by atoms with E-state index in [-0.39, 0.29) is 0 Å². The van der Waals surface area contributed by atoms with Crippen LogP contribution in [0.1, 0.15) is 20.3 Å². The van der Waals surface area contributed by atoms with Gasteiger partial charge in [-0.15, -0.1) is 0 Å². The van der Waals surface area contributed by atoms with Gasteiger partial charge in [0.25, 0.3) is 0 Å². The largest absolute Gasteiger partial charge is 0.370 e. The zero-order valence-corrected chi connectivity index (χ0v) is 7.44. The van der Waals surface area contributed by atoms with E-state index in [0.29, 0.717) is 6.04 Å². The second kappa shape index (κ2) is 4.20. The molecule has 10 heavy (non-hydrogen) atoms. The highest BCUT2D eigenvalue weighted by molar-refractivity contribution is 4.89. The molecular formula is C8H18N2. The topological polar surface area (TPSA) is 15.3 Å². The number of nitrogens with zero attached hydrogens (tertiary/aromatic N) is 1. The fraction of sp³-hybridized carbons (Fsp3) is 0.750. The number of rotatable bonds is 4. The molecule has 0 saturated heterocycles. The number of hydrogen-bond donors (Lipinski definition) is 1. The highest BCUT2D eigenvalue weighted by Crippen LogP contribution is 1.94. The molecule has 0 heterocycles. The Labute approximate surface area is 63.9 Å². The lowest BCUT2D eigenvalue weighted by atomic mass is 10.3. The van der Waals surface area contributed by atoms with E-state index >= 15 is 0 Å². The van der Waals surface area contributed by atoms with E-state index in [0.717, 1.165) is 12.2 Å². The van der Waals surface area contributed by atoms with Crippen molar-refractivity contribution in [2.24, 2.45) is 0 Å². The maximum Gasteiger partial charge on any atom is 0.0935 e. The van der Waals surface area contributed by atoms with E-state index < -0.39 is 0 Å². The minimum Gasteiger partial charge on any atom is -0.370 e. The second-order valence-electron chi connectivity index (χ2n) is 2.79. The summed E-state index contributed by atoms with van der Waals surface area (Å²) in [5, 5.41) is 3.26. The average Bonchev–Trinajstić information content (AvgIpc) is 1.87. The summed E-state index contributed by atoms with van der Waals surface area (Å²) >= 11 is 0. The zero-order chi connectivity index (χ0) is 8.15. The smallest absolute Gasteiger partial charge is 0.0935 e. The summed E-state index contributed by atoms with van der Waals surface area (Å²) in [6.07, 6.45) is 1.13. The van der Waals surface area contributed by atoms with Crippen LogP contribution in [0.25, 0.3) is 0 Å². The maximum absolute atomic E-state index is 3.86. The first-order valence-corrected chi connectivity index (χ1v) is 3.70. The lowest BCUT2D eigenvalue weighted by Crippen LogP contribution is -2.31. The van der Waals surface area contributed by atoms with Gasteiger partial charge in [0.05, 0.1) is 5.82 Å². The van der Waals surface area contributed by atoms with Crippen molar-refractivity contribution in [2.75, 3.05) is 14.1 Å². The van der Waals surface area contributed by atoms with Crippen LogP contribution in [0.5, 0.6) is 0 Å². The zero-order valence-electron chi connectivity index (χ0n) is 7.44. The summed E-state index contributed by atoms with van der Waals surface area (Å²) in [4.78, 5) is 1.98. The van der Waals surface area contributed by atoms with Crippen molar-refractivity contribution in [3.63, 3.8) is 0 Å². The Hall–Kier alpha value is -0.660. The van der Waals surface area contributed by atoms with Gasteiger partial charge in [0, 0.05) is 20.1 Å². The van der Waals surface area contributed by atoms with Crippen molar-refractivity contribution in [1.82, 2.24) is 10.2 Å². The summed E-state index contributed by atoms with van der Waals surface area (Å²) in [6.45, 7) is 8.16. The molecule has 60 valence electrons. The highest BCUT2D eigenvalue weighted by Gasteiger charge is 1.99. The Morgan fingerprint density at radius 1 is 1.60 bits per heavy atom. The van der Waals surface area contributed by atoms with E-state index in [1.165, 1.54) is 0 Å². The van der Waals surface area contributed by atoms with Gasteiger partial charge in [-0.2, -0.15) is 0 Å². The van der Waals surface area contributed by atoms with Crippen LogP contribution < -0.4 is 5.32 Å². The molecule has 0 bridgehead atoms. The van der Waals surface area contributed by atoms with E-state index in [1.807, 2.05) is 19.0 Å². The average molecular weight is 142 g/mol. The Morgan fingerprint density at radius 3 is 2.40 bits per heavy atom. The Balaban J connectivity index is 3.57. The summed E-state index contributed by atoms with van der Waals surface area (Å²) in [5.74, 6) is 0.981. The van der Waals surface area contributed by atoms with Crippen LogP contribution in [0.4, 0.5) is 0 Å². The van der Waals surface area contributed by atoms with Gasteiger partial charge in [0.2, 0.25) is 0 Å². The van der Waals surface area contributed by atoms with Crippen molar-refractivity contribution in [2.45, 2.75) is 26.3 Å². The summed E-state index contributed by atoms with van der Waals surface area (Å²) < 4.78 is 0. The molecule has 0 aromatic rings. The van der Waals surface area contributed by atoms with Crippen LogP contribution in [0.3, 0.4) is 0 Å². The summed E-state index contributed by atoms with van der Waals surface area (Å²) in [5.41, 5.74) is 0.